The van der Waals surface area contributed by atoms with Crippen LogP contribution in [-0.2, 0) is 20.7 Å². The topological polar surface area (TPSA) is 87.7 Å². The number of carbonyl (C=O) groups is 3. The third-order valence-corrected chi connectivity index (χ3v) is 5.72. The molecule has 208 valence electrons. The monoisotopic (exact) mass is 523 g/mol. The summed E-state index contributed by atoms with van der Waals surface area (Å²) >= 11 is 0. The number of nitrogens with zero attached hydrogens (tertiary/aromatic N) is 1. The van der Waals surface area contributed by atoms with Crippen molar-refractivity contribution in [1.82, 2.24) is 15.5 Å². The molecule has 2 rings (SSSR count). The number of hydrogen-bond acceptors (Lipinski definition) is 4. The number of aryl methyl sites for hydroxylation is 1. The Morgan fingerprint density at radius 3 is 1.89 bits per heavy atom. The van der Waals surface area contributed by atoms with Gasteiger partial charge in [0.05, 0.1) is 0 Å². The van der Waals surface area contributed by atoms with Gasteiger partial charge in [-0.3, -0.25) is 9.59 Å². The maximum absolute atomic E-state index is 14.5. The SMILES string of the molecule is Cc1ccccc1C(C(=O)NC(C)(C)C)N(C(=O)C(Cc1ccccc1)NC(=O)OC(C)(C)C)C(C)(C)C. The van der Waals surface area contributed by atoms with Gasteiger partial charge in [-0.05, 0) is 85.9 Å². The normalized spacial score (nSPS) is 13.7. The lowest BCUT2D eigenvalue weighted by molar-refractivity contribution is -0.149. The van der Waals surface area contributed by atoms with Gasteiger partial charge >= 0.3 is 6.09 Å². The molecule has 0 spiro atoms. The van der Waals surface area contributed by atoms with E-state index >= 15 is 0 Å². The lowest BCUT2D eigenvalue weighted by Gasteiger charge is -2.44. The highest BCUT2D eigenvalue weighted by Crippen LogP contribution is 2.32. The molecular weight excluding hydrogens is 478 g/mol. The molecule has 0 heterocycles. The van der Waals surface area contributed by atoms with Gasteiger partial charge in [-0.15, -0.1) is 0 Å². The van der Waals surface area contributed by atoms with Crippen LogP contribution in [0.4, 0.5) is 4.79 Å². The molecule has 2 aromatic carbocycles. The first-order chi connectivity index (χ1) is 17.4. The average molecular weight is 524 g/mol. The van der Waals surface area contributed by atoms with Crippen molar-refractivity contribution < 1.29 is 19.1 Å². The van der Waals surface area contributed by atoms with E-state index in [9.17, 15) is 14.4 Å². The van der Waals surface area contributed by atoms with Gasteiger partial charge in [-0.25, -0.2) is 4.79 Å². The van der Waals surface area contributed by atoms with Gasteiger partial charge in [0.1, 0.15) is 17.7 Å². The zero-order chi connectivity index (χ0) is 28.9. The molecule has 0 aliphatic heterocycles. The summed E-state index contributed by atoms with van der Waals surface area (Å²) in [6.07, 6.45) is -0.445. The number of alkyl carbamates (subject to hydrolysis) is 1. The Bertz CT molecular complexity index is 1110. The van der Waals surface area contributed by atoms with Crippen molar-refractivity contribution in [1.29, 1.82) is 0 Å². The molecule has 2 N–H and O–H groups in total. The van der Waals surface area contributed by atoms with Gasteiger partial charge in [-0.2, -0.15) is 0 Å². The summed E-state index contributed by atoms with van der Waals surface area (Å²) in [5.41, 5.74) is 0.496. The van der Waals surface area contributed by atoms with Crippen LogP contribution in [0.1, 0.15) is 85.0 Å². The van der Waals surface area contributed by atoms with Crippen molar-refractivity contribution >= 4 is 17.9 Å². The van der Waals surface area contributed by atoms with Crippen molar-refractivity contribution in [3.05, 3.63) is 71.3 Å². The summed E-state index contributed by atoms with van der Waals surface area (Å²) in [5, 5.41) is 5.87. The van der Waals surface area contributed by atoms with Crippen molar-refractivity contribution in [3.8, 4) is 0 Å². The minimum absolute atomic E-state index is 0.243. The number of carbonyl (C=O) groups excluding carboxylic acids is 3. The lowest BCUT2D eigenvalue weighted by atomic mass is 9.91. The quantitative estimate of drug-likeness (QED) is 0.486. The van der Waals surface area contributed by atoms with Crippen LogP contribution in [0.15, 0.2) is 54.6 Å². The molecule has 7 heteroatoms. The number of nitrogens with one attached hydrogen (secondary N) is 2. The summed E-state index contributed by atoms with van der Waals surface area (Å²) in [6, 6.07) is 15.2. The van der Waals surface area contributed by atoms with E-state index in [2.05, 4.69) is 10.6 Å². The predicted octanol–water partition coefficient (Wildman–Crippen LogP) is 5.71. The summed E-state index contributed by atoms with van der Waals surface area (Å²) in [7, 11) is 0. The highest BCUT2D eigenvalue weighted by atomic mass is 16.6. The van der Waals surface area contributed by atoms with Crippen molar-refractivity contribution in [2.24, 2.45) is 0 Å². The van der Waals surface area contributed by atoms with E-state index < -0.39 is 34.9 Å². The smallest absolute Gasteiger partial charge is 0.408 e. The molecule has 0 radical (unpaired) electrons. The molecule has 7 nitrogen and oxygen atoms in total. The standard InChI is InChI=1S/C31H45N3O4/c1-21-16-14-15-19-23(21)25(26(35)33-29(2,3)4)34(30(5,6)7)27(36)24(20-22-17-12-11-13-18-22)32-28(37)38-31(8,9)10/h11-19,24-25H,20H2,1-10H3,(H,32,37)(H,33,35). The van der Waals surface area contributed by atoms with E-state index in [4.69, 9.17) is 4.74 Å². The maximum Gasteiger partial charge on any atom is 0.408 e. The second kappa shape index (κ2) is 12.0. The highest BCUT2D eigenvalue weighted by Gasteiger charge is 2.43. The molecule has 0 bridgehead atoms. The molecule has 2 atom stereocenters. The molecule has 38 heavy (non-hydrogen) atoms. The van der Waals surface area contributed by atoms with Crippen molar-refractivity contribution in [2.45, 2.75) is 104 Å². The Hall–Kier alpha value is -3.35. The maximum atomic E-state index is 14.5. The Morgan fingerprint density at radius 1 is 0.842 bits per heavy atom. The number of hydrogen-bond donors (Lipinski definition) is 2. The predicted molar refractivity (Wildman–Crippen MR) is 152 cm³/mol. The van der Waals surface area contributed by atoms with E-state index in [0.29, 0.717) is 0 Å². The van der Waals surface area contributed by atoms with Crippen LogP contribution in [-0.4, -0.2) is 45.5 Å². The number of amides is 3. The van der Waals surface area contributed by atoms with E-state index in [1.54, 1.807) is 25.7 Å². The molecule has 3 amide bonds. The van der Waals surface area contributed by atoms with Crippen LogP contribution in [0.5, 0.6) is 0 Å². The van der Waals surface area contributed by atoms with Gasteiger partial charge < -0.3 is 20.3 Å². The number of rotatable bonds is 7. The van der Waals surface area contributed by atoms with Gasteiger partial charge in [0, 0.05) is 17.5 Å². The van der Waals surface area contributed by atoms with Gasteiger partial charge in [0.25, 0.3) is 0 Å². The fourth-order valence-electron chi connectivity index (χ4n) is 4.24. The highest BCUT2D eigenvalue weighted by molar-refractivity contribution is 5.93. The van der Waals surface area contributed by atoms with Crippen LogP contribution in [0.2, 0.25) is 0 Å². The minimum Gasteiger partial charge on any atom is -0.444 e. The van der Waals surface area contributed by atoms with E-state index in [1.165, 1.54) is 0 Å². The zero-order valence-corrected chi connectivity index (χ0v) is 24.6. The minimum atomic E-state index is -0.958. The van der Waals surface area contributed by atoms with Crippen LogP contribution in [0.3, 0.4) is 0 Å². The average Bonchev–Trinajstić information content (AvgIpc) is 2.74. The molecule has 0 aromatic heterocycles. The molecule has 0 aliphatic carbocycles. The van der Waals surface area contributed by atoms with E-state index in [0.717, 1.165) is 16.7 Å². The Morgan fingerprint density at radius 2 is 1.39 bits per heavy atom. The van der Waals surface area contributed by atoms with Gasteiger partial charge in [-0.1, -0.05) is 54.6 Å². The summed E-state index contributed by atoms with van der Waals surface area (Å²) < 4.78 is 5.50. The summed E-state index contributed by atoms with van der Waals surface area (Å²) in [6.45, 7) is 18.7. The molecule has 0 saturated carbocycles. The second-order valence-corrected chi connectivity index (χ2v) is 12.8. The zero-order valence-electron chi connectivity index (χ0n) is 24.6. The Kier molecular flexibility index (Phi) is 9.76. The van der Waals surface area contributed by atoms with Crippen LogP contribution >= 0.6 is 0 Å². The molecule has 0 fully saturated rings. The summed E-state index contributed by atoms with van der Waals surface area (Å²) in [5.74, 6) is -0.657. The first-order valence-corrected chi connectivity index (χ1v) is 13.1. The van der Waals surface area contributed by atoms with Crippen molar-refractivity contribution in [3.63, 3.8) is 0 Å². The molecular formula is C31H45N3O4. The fraction of sp³-hybridized carbons (Fsp3) is 0.516. The summed E-state index contributed by atoms with van der Waals surface area (Å²) in [4.78, 5) is 42.8. The lowest BCUT2D eigenvalue weighted by Crippen LogP contribution is -2.60. The third kappa shape index (κ3) is 9.19. The second-order valence-electron chi connectivity index (χ2n) is 12.8. The van der Waals surface area contributed by atoms with E-state index in [1.807, 2.05) is 103 Å². The van der Waals surface area contributed by atoms with Crippen LogP contribution in [0, 0.1) is 6.92 Å². The Balaban J connectivity index is 2.64. The molecule has 2 unspecified atom stereocenters. The first kappa shape index (κ1) is 30.9. The van der Waals surface area contributed by atoms with Crippen LogP contribution < -0.4 is 10.6 Å². The van der Waals surface area contributed by atoms with Crippen LogP contribution in [0.25, 0.3) is 0 Å². The number of ether oxygens (including phenoxy) is 1. The molecule has 0 aliphatic rings. The number of benzene rings is 2. The van der Waals surface area contributed by atoms with Gasteiger partial charge in [0.15, 0.2) is 0 Å². The van der Waals surface area contributed by atoms with Gasteiger partial charge in [0.2, 0.25) is 11.8 Å². The van der Waals surface area contributed by atoms with Crippen molar-refractivity contribution in [2.75, 3.05) is 0 Å². The third-order valence-electron chi connectivity index (χ3n) is 5.72. The largest absolute Gasteiger partial charge is 0.444 e. The first-order valence-electron chi connectivity index (χ1n) is 13.1. The molecule has 2 aromatic rings. The Labute approximate surface area is 228 Å². The fourth-order valence-corrected chi connectivity index (χ4v) is 4.24. The molecule has 0 saturated heterocycles. The van der Waals surface area contributed by atoms with E-state index in [-0.39, 0.29) is 18.2 Å².